The third kappa shape index (κ3) is 5.11. The number of anilines is 1. The fraction of sp³-hybridized carbons (Fsp3) is 0.316. The molecule has 4 nitrogen and oxygen atoms in total. The van der Waals surface area contributed by atoms with Crippen LogP contribution in [0.1, 0.15) is 38.8 Å². The van der Waals surface area contributed by atoms with Gasteiger partial charge in [0.15, 0.2) is 0 Å². The maximum absolute atomic E-state index is 12.2. The molecular weight excluding hydrogens is 290 g/mol. The van der Waals surface area contributed by atoms with Crippen LogP contribution in [0, 0.1) is 0 Å². The molecule has 0 aliphatic rings. The Morgan fingerprint density at radius 1 is 1.04 bits per heavy atom. The van der Waals surface area contributed by atoms with Crippen LogP contribution in [0.25, 0.3) is 0 Å². The van der Waals surface area contributed by atoms with E-state index in [4.69, 9.17) is 4.74 Å². The van der Waals surface area contributed by atoms with Crippen molar-refractivity contribution in [2.45, 2.75) is 38.8 Å². The van der Waals surface area contributed by atoms with Crippen molar-refractivity contribution in [3.05, 3.63) is 66.2 Å². The number of rotatable bonds is 5. The fourth-order valence-corrected chi connectivity index (χ4v) is 2.32. The number of benzene rings is 2. The molecule has 1 atom stereocenters. The summed E-state index contributed by atoms with van der Waals surface area (Å²) in [6, 6.07) is 18.1. The number of ether oxygens (including phenoxy) is 1. The first-order valence-corrected chi connectivity index (χ1v) is 7.67. The number of esters is 1. The van der Waals surface area contributed by atoms with Crippen molar-refractivity contribution in [1.82, 2.24) is 0 Å². The van der Waals surface area contributed by atoms with Gasteiger partial charge in [0, 0.05) is 0 Å². The minimum Gasteiger partial charge on any atom is -0.460 e. The van der Waals surface area contributed by atoms with Crippen molar-refractivity contribution >= 4 is 11.7 Å². The van der Waals surface area contributed by atoms with Gasteiger partial charge in [0.1, 0.15) is 5.60 Å². The van der Waals surface area contributed by atoms with Gasteiger partial charge in [-0.2, -0.15) is 0 Å². The van der Waals surface area contributed by atoms with E-state index in [1.807, 2.05) is 69.3 Å². The van der Waals surface area contributed by atoms with Gasteiger partial charge in [-0.1, -0.05) is 48.5 Å². The molecular formula is C19H23NO3. The first-order chi connectivity index (χ1) is 10.9. The maximum Gasteiger partial charge on any atom is 0.308 e. The van der Waals surface area contributed by atoms with Crippen molar-refractivity contribution in [3.63, 3.8) is 0 Å². The molecule has 1 unspecified atom stereocenters. The minimum absolute atomic E-state index is 0.0622. The standard InChI is InChI=1S/C19H23NO3/c1-19(2,3)23-18(21)14-17(15-10-6-4-7-11-15)20(22)16-12-8-5-9-13-16/h4-13,17,22H,14H2,1-3H3. The van der Waals surface area contributed by atoms with E-state index in [9.17, 15) is 10.0 Å². The van der Waals surface area contributed by atoms with Crippen LogP contribution in [0.15, 0.2) is 60.7 Å². The first-order valence-electron chi connectivity index (χ1n) is 7.67. The molecule has 0 saturated heterocycles. The van der Waals surface area contributed by atoms with Crippen molar-refractivity contribution in [2.24, 2.45) is 0 Å². The zero-order chi connectivity index (χ0) is 16.9. The fourth-order valence-electron chi connectivity index (χ4n) is 2.32. The smallest absolute Gasteiger partial charge is 0.308 e. The summed E-state index contributed by atoms with van der Waals surface area (Å²) in [4.78, 5) is 12.2. The lowest BCUT2D eigenvalue weighted by atomic mass is 10.0. The van der Waals surface area contributed by atoms with Gasteiger partial charge in [-0.05, 0) is 38.5 Å². The molecule has 0 aromatic heterocycles. The highest BCUT2D eigenvalue weighted by Gasteiger charge is 2.26. The SMILES string of the molecule is CC(C)(C)OC(=O)CC(c1ccccc1)N(O)c1ccccc1. The van der Waals surface area contributed by atoms with Crippen LogP contribution in [0.2, 0.25) is 0 Å². The number of hydrogen-bond acceptors (Lipinski definition) is 4. The Morgan fingerprint density at radius 2 is 1.57 bits per heavy atom. The van der Waals surface area contributed by atoms with Crippen LogP contribution in [-0.2, 0) is 9.53 Å². The van der Waals surface area contributed by atoms with Gasteiger partial charge in [0.2, 0.25) is 0 Å². The molecule has 23 heavy (non-hydrogen) atoms. The Bertz CT molecular complexity index is 620. The zero-order valence-electron chi connectivity index (χ0n) is 13.8. The van der Waals surface area contributed by atoms with Crippen molar-refractivity contribution in [2.75, 3.05) is 5.06 Å². The molecule has 0 radical (unpaired) electrons. The average molecular weight is 313 g/mol. The molecule has 1 N–H and O–H groups in total. The summed E-state index contributed by atoms with van der Waals surface area (Å²) in [6.07, 6.45) is 0.0622. The lowest BCUT2D eigenvalue weighted by molar-refractivity contribution is -0.155. The number of nitrogens with zero attached hydrogens (tertiary/aromatic N) is 1. The summed E-state index contributed by atoms with van der Waals surface area (Å²) in [5.74, 6) is -0.346. The Balaban J connectivity index is 2.24. The van der Waals surface area contributed by atoms with Crippen molar-refractivity contribution < 1.29 is 14.7 Å². The Labute approximate surface area is 137 Å². The predicted molar refractivity (Wildman–Crippen MR) is 90.4 cm³/mol. The molecule has 122 valence electrons. The summed E-state index contributed by atoms with van der Waals surface area (Å²) >= 11 is 0. The quantitative estimate of drug-likeness (QED) is 0.658. The Kier molecular flexibility index (Phi) is 5.40. The lowest BCUT2D eigenvalue weighted by Gasteiger charge is -2.29. The van der Waals surface area contributed by atoms with E-state index < -0.39 is 11.6 Å². The van der Waals surface area contributed by atoms with Crippen LogP contribution >= 0.6 is 0 Å². The predicted octanol–water partition coefficient (Wildman–Crippen LogP) is 4.36. The molecule has 0 aliphatic carbocycles. The summed E-state index contributed by atoms with van der Waals surface area (Å²) in [5.41, 5.74) is 0.931. The van der Waals surface area contributed by atoms with E-state index >= 15 is 0 Å². The maximum atomic E-state index is 12.2. The van der Waals surface area contributed by atoms with E-state index in [0.29, 0.717) is 5.69 Å². The number of hydroxylamine groups is 1. The van der Waals surface area contributed by atoms with Crippen LogP contribution < -0.4 is 5.06 Å². The molecule has 2 rings (SSSR count). The van der Waals surface area contributed by atoms with Gasteiger partial charge in [-0.3, -0.25) is 10.0 Å². The van der Waals surface area contributed by atoms with Crippen molar-refractivity contribution in [3.8, 4) is 0 Å². The van der Waals surface area contributed by atoms with Gasteiger partial charge in [-0.25, -0.2) is 5.06 Å². The zero-order valence-corrected chi connectivity index (χ0v) is 13.8. The Morgan fingerprint density at radius 3 is 2.09 bits per heavy atom. The number of carbonyl (C=O) groups is 1. The largest absolute Gasteiger partial charge is 0.460 e. The highest BCUT2D eigenvalue weighted by molar-refractivity contribution is 5.71. The molecule has 2 aromatic carbocycles. The lowest BCUT2D eigenvalue weighted by Crippen LogP contribution is -2.30. The second kappa shape index (κ2) is 7.29. The second-order valence-corrected chi connectivity index (χ2v) is 6.40. The number of carbonyl (C=O) groups excluding carboxylic acids is 1. The van der Waals surface area contributed by atoms with Crippen molar-refractivity contribution in [1.29, 1.82) is 0 Å². The molecule has 0 bridgehead atoms. The topological polar surface area (TPSA) is 49.8 Å². The van der Waals surface area contributed by atoms with Crippen LogP contribution in [0.4, 0.5) is 5.69 Å². The minimum atomic E-state index is -0.550. The van der Waals surface area contributed by atoms with Gasteiger partial charge in [0.25, 0.3) is 0 Å². The molecule has 4 heteroatoms. The highest BCUT2D eigenvalue weighted by Crippen LogP contribution is 2.29. The van der Waals surface area contributed by atoms with Gasteiger partial charge in [-0.15, -0.1) is 0 Å². The van der Waals surface area contributed by atoms with E-state index in [-0.39, 0.29) is 12.4 Å². The molecule has 0 heterocycles. The van der Waals surface area contributed by atoms with Gasteiger partial charge >= 0.3 is 5.97 Å². The summed E-state index contributed by atoms with van der Waals surface area (Å²) in [6.45, 7) is 5.49. The molecule has 0 saturated carbocycles. The number of hydrogen-bond donors (Lipinski definition) is 1. The van der Waals surface area contributed by atoms with Gasteiger partial charge < -0.3 is 4.74 Å². The number of para-hydroxylation sites is 1. The normalized spacial score (nSPS) is 12.5. The monoisotopic (exact) mass is 313 g/mol. The Hall–Kier alpha value is -2.33. The molecule has 0 amide bonds. The molecule has 0 fully saturated rings. The van der Waals surface area contributed by atoms with E-state index in [1.54, 1.807) is 12.1 Å². The summed E-state index contributed by atoms with van der Waals surface area (Å²) in [7, 11) is 0. The van der Waals surface area contributed by atoms with Crippen LogP contribution in [-0.4, -0.2) is 16.8 Å². The second-order valence-electron chi connectivity index (χ2n) is 6.40. The first kappa shape index (κ1) is 17.0. The van der Waals surface area contributed by atoms with E-state index in [1.165, 1.54) is 0 Å². The summed E-state index contributed by atoms with van der Waals surface area (Å²) in [5, 5.41) is 11.7. The third-order valence-electron chi connectivity index (χ3n) is 3.28. The molecule has 0 spiro atoms. The van der Waals surface area contributed by atoms with E-state index in [2.05, 4.69) is 0 Å². The van der Waals surface area contributed by atoms with Crippen LogP contribution in [0.5, 0.6) is 0 Å². The highest BCUT2D eigenvalue weighted by atomic mass is 16.6. The summed E-state index contributed by atoms with van der Waals surface area (Å²) < 4.78 is 5.40. The third-order valence-corrected chi connectivity index (χ3v) is 3.28. The van der Waals surface area contributed by atoms with Gasteiger partial charge in [0.05, 0.1) is 18.2 Å². The van der Waals surface area contributed by atoms with E-state index in [0.717, 1.165) is 10.6 Å². The molecule has 2 aromatic rings. The average Bonchev–Trinajstić information content (AvgIpc) is 2.52. The molecule has 0 aliphatic heterocycles. The van der Waals surface area contributed by atoms with Crippen LogP contribution in [0.3, 0.4) is 0 Å².